The van der Waals surface area contributed by atoms with E-state index in [0.29, 0.717) is 29.2 Å². The number of carbonyl (C=O) groups excluding carboxylic acids is 1. The number of amides is 1. The molecule has 3 aliphatic rings. The topological polar surface area (TPSA) is 104 Å². The number of carbonyl (C=O) groups is 1. The SMILES string of the molecule is Cn1cnnc1[C@@H](c1cccc(N2Cc3c(cc(CNC4(C)CCC4)cc3C(F)(F)F)C2=O)c1)C1CCS(O)(O)C1. The van der Waals surface area contributed by atoms with Gasteiger partial charge in [-0.2, -0.15) is 23.8 Å². The van der Waals surface area contributed by atoms with Gasteiger partial charge in [-0.05, 0) is 79.5 Å². The van der Waals surface area contributed by atoms with E-state index in [2.05, 4.69) is 22.4 Å². The zero-order valence-electron chi connectivity index (χ0n) is 23.0. The van der Waals surface area contributed by atoms with Crippen LogP contribution in [0.1, 0.15) is 77.0 Å². The zero-order chi connectivity index (χ0) is 29.2. The smallest absolute Gasteiger partial charge is 0.320 e. The molecule has 41 heavy (non-hydrogen) atoms. The standard InChI is InChI=1S/C29H34F3N5O3S/c1-28(8-4-9-28)33-14-18-11-22-23(24(12-18)29(30,31)32)15-37(27(22)38)21-6-3-5-19(13-21)25(26-35-34-17-36(26)2)20-7-10-41(39,40)16-20/h3,5-6,11-13,17,20,25,33,39-40H,4,7-10,14-16H2,1-2H3/t20?,25-/m0/s1. The summed E-state index contributed by atoms with van der Waals surface area (Å²) in [5, 5.41) is 11.7. The quantitative estimate of drug-likeness (QED) is 0.316. The lowest BCUT2D eigenvalue weighted by molar-refractivity contribution is -0.138. The van der Waals surface area contributed by atoms with Crippen molar-refractivity contribution in [2.75, 3.05) is 16.4 Å². The highest BCUT2D eigenvalue weighted by Crippen LogP contribution is 2.53. The molecule has 0 radical (unpaired) electrons. The van der Waals surface area contributed by atoms with Gasteiger partial charge in [0.15, 0.2) is 0 Å². The maximum absolute atomic E-state index is 14.2. The van der Waals surface area contributed by atoms with Crippen LogP contribution in [0.4, 0.5) is 18.9 Å². The predicted molar refractivity (Wildman–Crippen MR) is 151 cm³/mol. The van der Waals surface area contributed by atoms with Crippen LogP contribution in [0.25, 0.3) is 0 Å². The molecule has 2 atom stereocenters. The lowest BCUT2D eigenvalue weighted by Gasteiger charge is -2.39. The van der Waals surface area contributed by atoms with Gasteiger partial charge in [-0.25, -0.2) is 0 Å². The van der Waals surface area contributed by atoms with E-state index in [9.17, 15) is 27.1 Å². The minimum atomic E-state index is -4.60. The number of fused-ring (bicyclic) bond motifs is 1. The average Bonchev–Trinajstić information content (AvgIpc) is 3.58. The van der Waals surface area contributed by atoms with E-state index in [-0.39, 0.29) is 47.3 Å². The third-order valence-corrected chi connectivity index (χ3v) is 10.8. The molecule has 3 aromatic rings. The summed E-state index contributed by atoms with van der Waals surface area (Å²) in [5.74, 6) is 0.276. The van der Waals surface area contributed by atoms with Crippen LogP contribution in [0, 0.1) is 5.92 Å². The molecule has 1 unspecified atom stereocenters. The van der Waals surface area contributed by atoms with Crippen LogP contribution in [-0.2, 0) is 26.3 Å². The Morgan fingerprint density at radius 3 is 2.61 bits per heavy atom. The van der Waals surface area contributed by atoms with Gasteiger partial charge in [-0.15, -0.1) is 10.2 Å². The van der Waals surface area contributed by atoms with Gasteiger partial charge in [0.2, 0.25) is 0 Å². The van der Waals surface area contributed by atoms with Gasteiger partial charge >= 0.3 is 6.18 Å². The molecule has 6 rings (SSSR count). The lowest BCUT2D eigenvalue weighted by atomic mass is 9.78. The van der Waals surface area contributed by atoms with E-state index in [1.807, 2.05) is 13.1 Å². The number of benzene rings is 2. The second-order valence-corrected chi connectivity index (χ2v) is 14.3. The van der Waals surface area contributed by atoms with E-state index in [1.54, 1.807) is 35.2 Å². The van der Waals surface area contributed by atoms with Crippen molar-refractivity contribution in [3.63, 3.8) is 0 Å². The van der Waals surface area contributed by atoms with Crippen molar-refractivity contribution in [3.8, 4) is 0 Å². The van der Waals surface area contributed by atoms with E-state index < -0.39 is 28.2 Å². The molecule has 0 spiro atoms. The number of nitrogens with zero attached hydrogens (tertiary/aromatic N) is 4. The molecule has 2 aromatic carbocycles. The van der Waals surface area contributed by atoms with E-state index >= 15 is 0 Å². The Kier molecular flexibility index (Phi) is 6.95. The summed E-state index contributed by atoms with van der Waals surface area (Å²) in [6.45, 7) is 2.14. The molecule has 1 saturated carbocycles. The van der Waals surface area contributed by atoms with Gasteiger partial charge < -0.3 is 14.8 Å². The van der Waals surface area contributed by atoms with E-state index in [4.69, 9.17) is 0 Å². The van der Waals surface area contributed by atoms with Crippen LogP contribution in [-0.4, -0.2) is 46.8 Å². The van der Waals surface area contributed by atoms with Gasteiger partial charge in [0, 0.05) is 47.8 Å². The van der Waals surface area contributed by atoms with Crippen molar-refractivity contribution in [1.29, 1.82) is 0 Å². The Morgan fingerprint density at radius 1 is 1.22 bits per heavy atom. The highest BCUT2D eigenvalue weighted by atomic mass is 32.3. The van der Waals surface area contributed by atoms with Gasteiger partial charge in [0.05, 0.1) is 12.1 Å². The van der Waals surface area contributed by atoms with Crippen molar-refractivity contribution >= 4 is 22.2 Å². The van der Waals surface area contributed by atoms with Gasteiger partial charge in [0.25, 0.3) is 5.91 Å². The third kappa shape index (κ3) is 5.38. The lowest BCUT2D eigenvalue weighted by Crippen LogP contribution is -2.47. The summed E-state index contributed by atoms with van der Waals surface area (Å²) >= 11 is 0. The van der Waals surface area contributed by atoms with Crippen LogP contribution in [0.15, 0.2) is 42.7 Å². The number of hydrogen-bond donors (Lipinski definition) is 3. The number of anilines is 1. The number of rotatable bonds is 7. The minimum absolute atomic E-state index is 0.0129. The molecule has 8 nitrogen and oxygen atoms in total. The second-order valence-electron chi connectivity index (χ2n) is 11.9. The molecule has 2 fully saturated rings. The first-order chi connectivity index (χ1) is 19.3. The molecule has 1 aromatic heterocycles. The summed E-state index contributed by atoms with van der Waals surface area (Å²) in [6.07, 6.45) is 0.610. The maximum Gasteiger partial charge on any atom is 0.416 e. The molecule has 2 aliphatic heterocycles. The summed E-state index contributed by atoms with van der Waals surface area (Å²) in [7, 11) is -0.876. The molecule has 1 saturated heterocycles. The second kappa shape index (κ2) is 10.1. The zero-order valence-corrected chi connectivity index (χ0v) is 23.8. The fraction of sp³-hybridized carbons (Fsp3) is 0.483. The van der Waals surface area contributed by atoms with Crippen molar-refractivity contribution in [2.24, 2.45) is 13.0 Å². The number of nitrogens with one attached hydrogen (secondary N) is 1. The van der Waals surface area contributed by atoms with Gasteiger partial charge in [-0.3, -0.25) is 13.9 Å². The van der Waals surface area contributed by atoms with E-state index in [0.717, 1.165) is 24.8 Å². The van der Waals surface area contributed by atoms with Crippen molar-refractivity contribution < 1.29 is 27.1 Å². The van der Waals surface area contributed by atoms with Crippen molar-refractivity contribution in [1.82, 2.24) is 20.1 Å². The summed E-state index contributed by atoms with van der Waals surface area (Å²) in [5.41, 5.74) is 0.923. The Morgan fingerprint density at radius 2 is 2.00 bits per heavy atom. The fourth-order valence-electron chi connectivity index (χ4n) is 6.44. The van der Waals surface area contributed by atoms with Gasteiger partial charge in [0.1, 0.15) is 12.2 Å². The highest BCUT2D eigenvalue weighted by Gasteiger charge is 2.42. The molecule has 220 valence electrons. The number of halogens is 3. The monoisotopic (exact) mass is 589 g/mol. The molecule has 1 amide bonds. The summed E-state index contributed by atoms with van der Waals surface area (Å²) in [4.78, 5) is 15.0. The largest absolute Gasteiger partial charge is 0.416 e. The van der Waals surface area contributed by atoms with Crippen molar-refractivity contribution in [3.05, 3.63) is 76.4 Å². The number of hydrogen-bond acceptors (Lipinski definition) is 6. The number of aryl methyl sites for hydroxylation is 1. The number of alkyl halides is 3. The molecule has 3 N–H and O–H groups in total. The van der Waals surface area contributed by atoms with E-state index in [1.165, 1.54) is 11.0 Å². The number of aromatic nitrogens is 3. The molecule has 3 heterocycles. The van der Waals surface area contributed by atoms with Crippen LogP contribution >= 0.6 is 10.6 Å². The Hall–Kier alpha value is -2.93. The first-order valence-electron chi connectivity index (χ1n) is 13.8. The maximum atomic E-state index is 14.2. The molecule has 1 aliphatic carbocycles. The molecule has 12 heteroatoms. The van der Waals surface area contributed by atoms with Crippen molar-refractivity contribution in [2.45, 2.75) is 63.3 Å². The normalized spacial score (nSPS) is 22.9. The first-order valence-corrected chi connectivity index (χ1v) is 15.7. The molecule has 0 bridgehead atoms. The minimum Gasteiger partial charge on any atom is -0.320 e. The fourth-order valence-corrected chi connectivity index (χ4v) is 8.33. The third-order valence-electron chi connectivity index (χ3n) is 8.92. The van der Waals surface area contributed by atoms with Gasteiger partial charge in [-0.1, -0.05) is 12.1 Å². The molecular formula is C29H34F3N5O3S. The highest BCUT2D eigenvalue weighted by molar-refractivity contribution is 8.24. The molecular weight excluding hydrogens is 555 g/mol. The average molecular weight is 590 g/mol. The Bertz CT molecular complexity index is 1490. The predicted octanol–water partition coefficient (Wildman–Crippen LogP) is 5.93. The van der Waals surface area contributed by atoms with Crippen LogP contribution in [0.5, 0.6) is 0 Å². The summed E-state index contributed by atoms with van der Waals surface area (Å²) in [6, 6.07) is 9.95. The Labute approximate surface area is 238 Å². The van der Waals surface area contributed by atoms with Crippen LogP contribution in [0.3, 0.4) is 0 Å². The van der Waals surface area contributed by atoms with Crippen LogP contribution in [0.2, 0.25) is 0 Å². The van der Waals surface area contributed by atoms with Crippen LogP contribution < -0.4 is 10.2 Å². The summed E-state index contributed by atoms with van der Waals surface area (Å²) < 4.78 is 65.2. The Balaban J connectivity index is 1.34. The first kappa shape index (κ1) is 28.2.